The Bertz CT molecular complexity index is 505. The highest BCUT2D eigenvalue weighted by Gasteiger charge is 2.35. The van der Waals surface area contributed by atoms with Crippen LogP contribution in [0, 0.1) is 29.1 Å². The number of halogens is 5. The topological polar surface area (TPSA) is 49.3 Å². The fourth-order valence-corrected chi connectivity index (χ4v) is 1.28. The molecule has 1 atom stereocenters. The van der Waals surface area contributed by atoms with Crippen LogP contribution in [0.2, 0.25) is 0 Å². The summed E-state index contributed by atoms with van der Waals surface area (Å²) < 4.78 is 65.4. The molecule has 0 radical (unpaired) electrons. The van der Waals surface area contributed by atoms with Gasteiger partial charge in [0.05, 0.1) is 0 Å². The first-order valence-electron chi connectivity index (χ1n) is 5.18. The van der Waals surface area contributed by atoms with E-state index in [0.717, 1.165) is 6.92 Å². The van der Waals surface area contributed by atoms with Gasteiger partial charge >= 0.3 is 5.97 Å². The summed E-state index contributed by atoms with van der Waals surface area (Å²) in [6.45, 7) is 2.44. The fraction of sp³-hybridized carbons (Fsp3) is 0.364. The quantitative estimate of drug-likeness (QED) is 0.507. The Morgan fingerprint density at radius 1 is 1.05 bits per heavy atom. The lowest BCUT2D eigenvalue weighted by molar-refractivity contribution is -0.141. The standard InChI is InChI=1S/C11H10F5NO2/c1-3-11(2,10(18)19)17-9-7(15)5(13)4(12)6(14)8(9)16/h17H,3H2,1-2H3,(H,18,19). The molecule has 0 heterocycles. The van der Waals surface area contributed by atoms with Crippen molar-refractivity contribution in [2.75, 3.05) is 5.32 Å². The van der Waals surface area contributed by atoms with Gasteiger partial charge in [0, 0.05) is 0 Å². The molecule has 1 aromatic rings. The van der Waals surface area contributed by atoms with Crippen molar-refractivity contribution in [1.82, 2.24) is 0 Å². The Kier molecular flexibility index (Phi) is 4.02. The number of carbonyl (C=O) groups is 1. The van der Waals surface area contributed by atoms with E-state index in [9.17, 15) is 26.7 Å². The molecule has 0 aliphatic rings. The molecule has 1 rings (SSSR count). The second-order valence-electron chi connectivity index (χ2n) is 4.06. The van der Waals surface area contributed by atoms with E-state index < -0.39 is 46.3 Å². The second kappa shape index (κ2) is 5.02. The van der Waals surface area contributed by atoms with Crippen molar-refractivity contribution >= 4 is 11.7 Å². The van der Waals surface area contributed by atoms with Crippen LogP contribution in [0.15, 0.2) is 0 Å². The predicted molar refractivity (Wildman–Crippen MR) is 56.2 cm³/mol. The van der Waals surface area contributed by atoms with Crippen LogP contribution in [-0.2, 0) is 4.79 Å². The summed E-state index contributed by atoms with van der Waals surface area (Å²) in [5.41, 5.74) is -3.22. The molecule has 0 amide bonds. The SMILES string of the molecule is CCC(C)(Nc1c(F)c(F)c(F)c(F)c1F)C(=O)O. The summed E-state index contributed by atoms with van der Waals surface area (Å²) >= 11 is 0. The molecule has 1 aromatic carbocycles. The molecule has 0 aliphatic carbocycles. The summed E-state index contributed by atoms with van der Waals surface area (Å²) in [4.78, 5) is 10.9. The summed E-state index contributed by atoms with van der Waals surface area (Å²) in [6.07, 6.45) is -0.137. The van der Waals surface area contributed by atoms with Gasteiger partial charge in [0.1, 0.15) is 11.2 Å². The second-order valence-corrected chi connectivity index (χ2v) is 4.06. The predicted octanol–water partition coefficient (Wildman–Crippen LogP) is 3.05. The van der Waals surface area contributed by atoms with Crippen LogP contribution in [0.1, 0.15) is 20.3 Å². The molecule has 8 heteroatoms. The van der Waals surface area contributed by atoms with Crippen LogP contribution >= 0.6 is 0 Å². The van der Waals surface area contributed by atoms with Crippen LogP contribution in [-0.4, -0.2) is 16.6 Å². The molecule has 0 saturated heterocycles. The Labute approximate surface area is 105 Å². The minimum absolute atomic E-state index is 0.137. The molecular weight excluding hydrogens is 273 g/mol. The van der Waals surface area contributed by atoms with E-state index in [4.69, 9.17) is 5.11 Å². The van der Waals surface area contributed by atoms with Gasteiger partial charge in [-0.2, -0.15) is 0 Å². The highest BCUT2D eigenvalue weighted by atomic mass is 19.2. The van der Waals surface area contributed by atoms with Crippen molar-refractivity contribution in [3.8, 4) is 0 Å². The molecule has 0 bridgehead atoms. The zero-order valence-electron chi connectivity index (χ0n) is 9.95. The first-order chi connectivity index (χ1) is 8.65. The number of hydrogen-bond donors (Lipinski definition) is 2. The van der Waals surface area contributed by atoms with Crippen molar-refractivity contribution in [2.24, 2.45) is 0 Å². The summed E-state index contributed by atoms with van der Waals surface area (Å²) in [7, 11) is 0. The van der Waals surface area contributed by atoms with Crippen molar-refractivity contribution in [3.05, 3.63) is 29.1 Å². The molecule has 0 aliphatic heterocycles. The van der Waals surface area contributed by atoms with Gasteiger partial charge in [-0.05, 0) is 13.3 Å². The zero-order chi connectivity index (χ0) is 15.0. The minimum Gasteiger partial charge on any atom is -0.480 e. The van der Waals surface area contributed by atoms with Gasteiger partial charge in [0.15, 0.2) is 23.3 Å². The van der Waals surface area contributed by atoms with Crippen molar-refractivity contribution in [1.29, 1.82) is 0 Å². The normalized spacial score (nSPS) is 14.1. The van der Waals surface area contributed by atoms with Crippen molar-refractivity contribution in [2.45, 2.75) is 25.8 Å². The Balaban J connectivity index is 3.41. The first kappa shape index (κ1) is 15.2. The maximum atomic E-state index is 13.4. The average Bonchev–Trinajstić information content (AvgIpc) is 2.38. The highest BCUT2D eigenvalue weighted by molar-refractivity contribution is 5.82. The Hall–Kier alpha value is -1.86. The molecule has 3 nitrogen and oxygen atoms in total. The van der Waals surface area contributed by atoms with E-state index >= 15 is 0 Å². The molecule has 0 spiro atoms. The smallest absolute Gasteiger partial charge is 0.329 e. The van der Waals surface area contributed by atoms with Crippen molar-refractivity contribution in [3.63, 3.8) is 0 Å². The average molecular weight is 283 g/mol. The number of nitrogens with one attached hydrogen (secondary N) is 1. The summed E-state index contributed by atoms with van der Waals surface area (Å²) in [5.74, 6) is -12.3. The molecule has 19 heavy (non-hydrogen) atoms. The third-order valence-electron chi connectivity index (χ3n) is 2.79. The molecule has 0 fully saturated rings. The maximum Gasteiger partial charge on any atom is 0.329 e. The molecular formula is C11H10F5NO2. The summed E-state index contributed by atoms with van der Waals surface area (Å²) in [6, 6.07) is 0. The first-order valence-corrected chi connectivity index (χ1v) is 5.18. The molecule has 0 saturated carbocycles. The van der Waals surface area contributed by atoms with E-state index in [1.807, 2.05) is 5.32 Å². The van der Waals surface area contributed by atoms with Gasteiger partial charge in [0.25, 0.3) is 0 Å². The molecule has 0 aromatic heterocycles. The van der Waals surface area contributed by atoms with Gasteiger partial charge in [0.2, 0.25) is 5.82 Å². The lowest BCUT2D eigenvalue weighted by Crippen LogP contribution is -2.43. The van der Waals surface area contributed by atoms with Crippen LogP contribution < -0.4 is 5.32 Å². The van der Waals surface area contributed by atoms with E-state index in [-0.39, 0.29) is 6.42 Å². The van der Waals surface area contributed by atoms with Crippen LogP contribution in [0.4, 0.5) is 27.6 Å². The van der Waals surface area contributed by atoms with Crippen LogP contribution in [0.5, 0.6) is 0 Å². The molecule has 1 unspecified atom stereocenters. The number of rotatable bonds is 4. The van der Waals surface area contributed by atoms with Gasteiger partial charge in [-0.15, -0.1) is 0 Å². The number of hydrogen-bond acceptors (Lipinski definition) is 2. The third kappa shape index (κ3) is 2.47. The van der Waals surface area contributed by atoms with Gasteiger partial charge < -0.3 is 10.4 Å². The van der Waals surface area contributed by atoms with E-state index in [1.54, 1.807) is 0 Å². The molecule has 106 valence electrons. The van der Waals surface area contributed by atoms with Crippen LogP contribution in [0.25, 0.3) is 0 Å². The number of benzene rings is 1. The lowest BCUT2D eigenvalue weighted by Gasteiger charge is -2.26. The van der Waals surface area contributed by atoms with Crippen LogP contribution in [0.3, 0.4) is 0 Å². The number of carboxylic acid groups (broad SMARTS) is 1. The van der Waals surface area contributed by atoms with Gasteiger partial charge in [-0.25, -0.2) is 26.7 Å². The zero-order valence-corrected chi connectivity index (χ0v) is 9.95. The van der Waals surface area contributed by atoms with Gasteiger partial charge in [-0.1, -0.05) is 6.92 Å². The fourth-order valence-electron chi connectivity index (χ4n) is 1.28. The monoisotopic (exact) mass is 283 g/mol. The van der Waals surface area contributed by atoms with Gasteiger partial charge in [-0.3, -0.25) is 0 Å². The van der Waals surface area contributed by atoms with E-state index in [1.165, 1.54) is 6.92 Å². The lowest BCUT2D eigenvalue weighted by atomic mass is 9.98. The third-order valence-corrected chi connectivity index (χ3v) is 2.79. The number of aliphatic carboxylic acids is 1. The van der Waals surface area contributed by atoms with E-state index in [2.05, 4.69) is 0 Å². The largest absolute Gasteiger partial charge is 0.480 e. The van der Waals surface area contributed by atoms with E-state index in [0.29, 0.717) is 0 Å². The summed E-state index contributed by atoms with van der Waals surface area (Å²) in [5, 5.41) is 10.8. The number of carboxylic acids is 1. The maximum absolute atomic E-state index is 13.4. The molecule has 2 N–H and O–H groups in total. The van der Waals surface area contributed by atoms with Crippen molar-refractivity contribution < 1.29 is 31.9 Å². The minimum atomic E-state index is -2.30. The highest BCUT2D eigenvalue weighted by Crippen LogP contribution is 2.30. The Morgan fingerprint density at radius 2 is 1.42 bits per heavy atom. The Morgan fingerprint density at radius 3 is 1.74 bits per heavy atom. The number of anilines is 1.